The molecule has 30 heavy (non-hydrogen) atoms. The van der Waals surface area contributed by atoms with E-state index in [9.17, 15) is 5.11 Å². The lowest BCUT2D eigenvalue weighted by molar-refractivity contribution is 0.116. The third kappa shape index (κ3) is 4.10. The molecule has 1 aromatic carbocycles. The molecule has 2 N–H and O–H groups in total. The van der Waals surface area contributed by atoms with Gasteiger partial charge in [-0.1, -0.05) is 24.2 Å². The summed E-state index contributed by atoms with van der Waals surface area (Å²) in [5.41, 5.74) is 1.79. The Morgan fingerprint density at radius 2 is 1.87 bits per heavy atom. The molecule has 0 radical (unpaired) electrons. The number of pyridine rings is 1. The van der Waals surface area contributed by atoms with Crippen LogP contribution in [0, 0.1) is 0 Å². The molecule has 3 aromatic heterocycles. The van der Waals surface area contributed by atoms with Crippen LogP contribution in [-0.4, -0.2) is 37.2 Å². The van der Waals surface area contributed by atoms with E-state index in [1.54, 1.807) is 36.0 Å². The Morgan fingerprint density at radius 3 is 2.73 bits per heavy atom. The first-order chi connectivity index (χ1) is 14.7. The first-order valence-electron chi connectivity index (χ1n) is 10.0. The molecular weight excluding hydrogens is 398 g/mol. The summed E-state index contributed by atoms with van der Waals surface area (Å²) < 4.78 is 6.99. The van der Waals surface area contributed by atoms with E-state index in [2.05, 4.69) is 25.3 Å². The topological polar surface area (TPSA) is 93.0 Å². The van der Waals surface area contributed by atoms with Gasteiger partial charge in [-0.15, -0.1) is 0 Å². The molecule has 0 saturated heterocycles. The Balaban J connectivity index is 1.34. The van der Waals surface area contributed by atoms with E-state index in [0.29, 0.717) is 17.5 Å². The molecule has 3 heterocycles. The maximum atomic E-state index is 10.2. The van der Waals surface area contributed by atoms with Crippen LogP contribution >= 0.6 is 11.3 Å². The molecule has 1 aliphatic carbocycles. The second kappa shape index (κ2) is 8.33. The maximum absolute atomic E-state index is 10.2. The van der Waals surface area contributed by atoms with E-state index < -0.39 is 0 Å². The quantitative estimate of drug-likeness (QED) is 0.486. The van der Waals surface area contributed by atoms with E-state index in [1.165, 1.54) is 0 Å². The van der Waals surface area contributed by atoms with Crippen LogP contribution in [-0.2, 0) is 0 Å². The lowest BCUT2D eigenvalue weighted by Gasteiger charge is -2.27. The molecule has 0 spiro atoms. The van der Waals surface area contributed by atoms with Crippen molar-refractivity contribution in [1.82, 2.24) is 19.9 Å². The van der Waals surface area contributed by atoms with Gasteiger partial charge in [-0.25, -0.2) is 9.97 Å². The summed E-state index contributed by atoms with van der Waals surface area (Å²) in [6.45, 7) is 0. The first-order valence-corrected chi connectivity index (χ1v) is 10.8. The van der Waals surface area contributed by atoms with Crippen molar-refractivity contribution in [3.63, 3.8) is 0 Å². The van der Waals surface area contributed by atoms with Crippen LogP contribution in [0.4, 0.5) is 5.13 Å². The van der Waals surface area contributed by atoms with Crippen LogP contribution in [0.1, 0.15) is 25.7 Å². The molecule has 1 saturated carbocycles. The van der Waals surface area contributed by atoms with Gasteiger partial charge in [0, 0.05) is 36.3 Å². The minimum absolute atomic E-state index is 0.0719. The fourth-order valence-electron chi connectivity index (χ4n) is 3.63. The Labute approximate surface area is 177 Å². The normalized spacial score (nSPS) is 19.0. The maximum Gasteiger partial charge on any atom is 0.222 e. The molecule has 152 valence electrons. The standard InChI is InChI=1S/C22H21N5O2S/c28-18-4-2-1-3-16(18)25-22-26-17-6-5-15(13-19(17)30-22)29-20-9-12-24-21(27-20)14-7-10-23-11-8-14/h5-13,16,18,28H,1-4H2,(H,25,26)/t16-,18-/m1/s1. The number of hydrogen-bond donors (Lipinski definition) is 2. The molecule has 0 amide bonds. The Morgan fingerprint density at radius 1 is 1.00 bits per heavy atom. The molecule has 0 aliphatic heterocycles. The van der Waals surface area contributed by atoms with Gasteiger partial charge in [0.2, 0.25) is 5.88 Å². The number of aromatic nitrogens is 4. The van der Waals surface area contributed by atoms with Gasteiger partial charge in [-0.05, 0) is 37.1 Å². The number of nitrogens with one attached hydrogen (secondary N) is 1. The van der Waals surface area contributed by atoms with E-state index in [4.69, 9.17) is 4.74 Å². The number of nitrogens with zero attached hydrogens (tertiary/aromatic N) is 4. The molecule has 7 nitrogen and oxygen atoms in total. The number of rotatable bonds is 5. The second-order valence-electron chi connectivity index (χ2n) is 7.31. The van der Waals surface area contributed by atoms with Crippen LogP contribution in [0.25, 0.3) is 21.6 Å². The predicted molar refractivity (Wildman–Crippen MR) is 117 cm³/mol. The average molecular weight is 420 g/mol. The molecule has 2 atom stereocenters. The first kappa shape index (κ1) is 18.9. The number of ether oxygens (including phenoxy) is 1. The highest BCUT2D eigenvalue weighted by Crippen LogP contribution is 2.32. The largest absolute Gasteiger partial charge is 0.439 e. The summed E-state index contributed by atoms with van der Waals surface area (Å²) in [7, 11) is 0. The van der Waals surface area contributed by atoms with Crippen molar-refractivity contribution in [2.24, 2.45) is 0 Å². The number of benzene rings is 1. The molecule has 1 aliphatic rings. The summed E-state index contributed by atoms with van der Waals surface area (Å²) in [4.78, 5) is 17.5. The molecular formula is C22H21N5O2S. The summed E-state index contributed by atoms with van der Waals surface area (Å²) in [5, 5.41) is 14.4. The lowest BCUT2D eigenvalue weighted by atomic mass is 9.93. The van der Waals surface area contributed by atoms with E-state index in [1.807, 2.05) is 30.3 Å². The zero-order chi connectivity index (χ0) is 20.3. The fraction of sp³-hybridized carbons (Fsp3) is 0.273. The molecule has 4 aromatic rings. The number of thiazole rings is 1. The third-order valence-electron chi connectivity index (χ3n) is 5.19. The summed E-state index contributed by atoms with van der Waals surface area (Å²) in [5.74, 6) is 1.76. The van der Waals surface area contributed by atoms with Gasteiger partial charge >= 0.3 is 0 Å². The molecule has 8 heteroatoms. The zero-order valence-electron chi connectivity index (χ0n) is 16.2. The van der Waals surface area contributed by atoms with Crippen LogP contribution in [0.5, 0.6) is 11.6 Å². The zero-order valence-corrected chi connectivity index (χ0v) is 17.0. The monoisotopic (exact) mass is 419 g/mol. The summed E-state index contributed by atoms with van der Waals surface area (Å²) in [6.07, 6.45) is 8.84. The average Bonchev–Trinajstić information content (AvgIpc) is 3.18. The van der Waals surface area contributed by atoms with Gasteiger partial charge in [0.05, 0.1) is 22.4 Å². The highest BCUT2D eigenvalue weighted by molar-refractivity contribution is 7.22. The van der Waals surface area contributed by atoms with Crippen molar-refractivity contribution >= 4 is 26.7 Å². The van der Waals surface area contributed by atoms with Crippen molar-refractivity contribution < 1.29 is 9.84 Å². The van der Waals surface area contributed by atoms with Gasteiger partial charge in [0.25, 0.3) is 0 Å². The van der Waals surface area contributed by atoms with Crippen molar-refractivity contribution in [2.75, 3.05) is 5.32 Å². The molecule has 1 fully saturated rings. The third-order valence-corrected chi connectivity index (χ3v) is 6.14. The Bertz CT molecular complexity index is 1150. The Hall–Kier alpha value is -3.10. The summed E-state index contributed by atoms with van der Waals surface area (Å²) in [6, 6.07) is 11.3. The van der Waals surface area contributed by atoms with Gasteiger partial charge < -0.3 is 15.2 Å². The molecule has 5 rings (SSSR count). The number of aliphatic hydroxyl groups is 1. The van der Waals surface area contributed by atoms with Crippen molar-refractivity contribution in [3.05, 3.63) is 55.0 Å². The highest BCUT2D eigenvalue weighted by atomic mass is 32.1. The summed E-state index contributed by atoms with van der Waals surface area (Å²) >= 11 is 1.56. The van der Waals surface area contributed by atoms with Gasteiger partial charge in [-0.2, -0.15) is 4.98 Å². The predicted octanol–water partition coefficient (Wildman–Crippen LogP) is 4.66. The Kier molecular flexibility index (Phi) is 5.25. The number of anilines is 1. The minimum atomic E-state index is -0.308. The van der Waals surface area contributed by atoms with Gasteiger partial charge in [0.1, 0.15) is 5.75 Å². The van der Waals surface area contributed by atoms with Crippen LogP contribution in [0.15, 0.2) is 55.0 Å². The van der Waals surface area contributed by atoms with Gasteiger partial charge in [-0.3, -0.25) is 4.98 Å². The van der Waals surface area contributed by atoms with Gasteiger partial charge in [0.15, 0.2) is 11.0 Å². The minimum Gasteiger partial charge on any atom is -0.439 e. The van der Waals surface area contributed by atoms with E-state index >= 15 is 0 Å². The van der Waals surface area contributed by atoms with Crippen molar-refractivity contribution in [2.45, 2.75) is 37.8 Å². The van der Waals surface area contributed by atoms with Crippen molar-refractivity contribution in [3.8, 4) is 23.0 Å². The number of fused-ring (bicyclic) bond motifs is 1. The van der Waals surface area contributed by atoms with Crippen LogP contribution < -0.4 is 10.1 Å². The van der Waals surface area contributed by atoms with Crippen molar-refractivity contribution in [1.29, 1.82) is 0 Å². The van der Waals surface area contributed by atoms with E-state index in [-0.39, 0.29) is 12.1 Å². The molecule has 0 unspecified atom stereocenters. The second-order valence-corrected chi connectivity index (χ2v) is 8.34. The smallest absolute Gasteiger partial charge is 0.222 e. The van der Waals surface area contributed by atoms with Crippen LogP contribution in [0.2, 0.25) is 0 Å². The fourth-order valence-corrected chi connectivity index (χ4v) is 4.58. The SMILES string of the molecule is O[C@@H]1CCCC[C@H]1Nc1nc2ccc(Oc3ccnc(-c4ccncc4)n3)cc2s1. The molecule has 0 bridgehead atoms. The number of aliphatic hydroxyl groups excluding tert-OH is 1. The lowest BCUT2D eigenvalue weighted by Crippen LogP contribution is -2.36. The van der Waals surface area contributed by atoms with E-state index in [0.717, 1.165) is 46.6 Å². The number of hydrogen-bond acceptors (Lipinski definition) is 8. The highest BCUT2D eigenvalue weighted by Gasteiger charge is 2.23. The van der Waals surface area contributed by atoms with Crippen LogP contribution in [0.3, 0.4) is 0 Å².